The number of allylic oxidation sites excluding steroid dienone is 1. The van der Waals surface area contributed by atoms with Crippen LogP contribution in [0.15, 0.2) is 11.6 Å². The van der Waals surface area contributed by atoms with Crippen LogP contribution in [0, 0.1) is 40.4 Å². The molecule has 1 aliphatic heterocycles. The summed E-state index contributed by atoms with van der Waals surface area (Å²) < 4.78 is 5.85. The second-order valence-electron chi connectivity index (χ2n) is 11.8. The van der Waals surface area contributed by atoms with Crippen molar-refractivity contribution in [3.8, 4) is 0 Å². The van der Waals surface area contributed by atoms with Gasteiger partial charge in [0.25, 0.3) is 0 Å². The van der Waals surface area contributed by atoms with E-state index >= 15 is 0 Å². The van der Waals surface area contributed by atoms with Crippen LogP contribution in [-0.4, -0.2) is 36.6 Å². The van der Waals surface area contributed by atoms with Crippen LogP contribution in [-0.2, 0) is 9.53 Å². The van der Waals surface area contributed by atoms with Crippen molar-refractivity contribution in [2.24, 2.45) is 40.4 Å². The normalized spacial score (nSPS) is 49.1. The summed E-state index contributed by atoms with van der Waals surface area (Å²) >= 11 is 0. The Balaban J connectivity index is 1.37. The van der Waals surface area contributed by atoms with Gasteiger partial charge < -0.3 is 9.64 Å². The van der Waals surface area contributed by atoms with E-state index in [9.17, 15) is 4.79 Å². The third-order valence-electron chi connectivity index (χ3n) is 10.4. The highest BCUT2D eigenvalue weighted by Crippen LogP contribution is 2.68. The molecule has 0 amide bonds. The van der Waals surface area contributed by atoms with Crippen molar-refractivity contribution in [1.82, 2.24) is 4.90 Å². The lowest BCUT2D eigenvalue weighted by Gasteiger charge is -2.58. The van der Waals surface area contributed by atoms with Gasteiger partial charge in [-0.1, -0.05) is 32.4 Å². The number of likely N-dealkylation sites (tertiary alicyclic amines) is 1. The molecule has 0 aromatic heterocycles. The Hall–Kier alpha value is -0.830. The van der Waals surface area contributed by atoms with E-state index in [1.165, 1.54) is 45.1 Å². The smallest absolute Gasteiger partial charge is 0.308 e. The van der Waals surface area contributed by atoms with Gasteiger partial charge in [0.1, 0.15) is 6.10 Å². The molecular weight excluding hydrogens is 358 g/mol. The van der Waals surface area contributed by atoms with E-state index in [1.54, 1.807) is 5.57 Å². The van der Waals surface area contributed by atoms with Crippen LogP contribution in [0.5, 0.6) is 0 Å². The Morgan fingerprint density at radius 2 is 1.90 bits per heavy atom. The number of rotatable bonds is 2. The predicted octanol–water partition coefficient (Wildman–Crippen LogP) is 5.45. The first kappa shape index (κ1) is 20.1. The third kappa shape index (κ3) is 2.82. The van der Waals surface area contributed by atoms with Crippen molar-refractivity contribution in [2.45, 2.75) is 91.2 Å². The summed E-state index contributed by atoms with van der Waals surface area (Å²) in [5.74, 6) is 3.55. The molecule has 1 spiro atoms. The number of carbonyl (C=O) groups is 1. The largest absolute Gasteiger partial charge is 0.462 e. The first-order valence-electron chi connectivity index (χ1n) is 12.4. The highest BCUT2D eigenvalue weighted by Gasteiger charge is 2.64. The molecule has 0 radical (unpaired) electrons. The highest BCUT2D eigenvalue weighted by atomic mass is 16.5. The lowest BCUT2D eigenvalue weighted by Crippen LogP contribution is -2.51. The second-order valence-corrected chi connectivity index (χ2v) is 11.8. The maximum absolute atomic E-state index is 12.1. The Kier molecular flexibility index (Phi) is 4.74. The molecule has 162 valence electrons. The minimum absolute atomic E-state index is 0.0233. The fourth-order valence-electron chi connectivity index (χ4n) is 8.83. The summed E-state index contributed by atoms with van der Waals surface area (Å²) in [5.41, 5.74) is 2.58. The second kappa shape index (κ2) is 6.84. The van der Waals surface area contributed by atoms with Gasteiger partial charge in [-0.15, -0.1) is 0 Å². The van der Waals surface area contributed by atoms with Crippen LogP contribution in [0.4, 0.5) is 0 Å². The number of fused-ring (bicyclic) bond motifs is 4. The number of ether oxygens (including phenoxy) is 1. The first-order chi connectivity index (χ1) is 13.8. The van der Waals surface area contributed by atoms with Gasteiger partial charge in [-0.3, -0.25) is 4.79 Å². The monoisotopic (exact) mass is 399 g/mol. The molecule has 3 heteroatoms. The summed E-state index contributed by atoms with van der Waals surface area (Å²) in [4.78, 5) is 14.8. The molecule has 3 nitrogen and oxygen atoms in total. The maximum Gasteiger partial charge on any atom is 0.308 e. The van der Waals surface area contributed by atoms with Crippen molar-refractivity contribution in [2.75, 3.05) is 13.6 Å². The molecule has 0 bridgehead atoms. The molecule has 5 aliphatic rings. The third-order valence-corrected chi connectivity index (χ3v) is 10.4. The van der Waals surface area contributed by atoms with E-state index in [4.69, 9.17) is 4.74 Å². The molecule has 5 rings (SSSR count). The van der Waals surface area contributed by atoms with Crippen LogP contribution in [0.2, 0.25) is 0 Å². The van der Waals surface area contributed by atoms with E-state index in [-0.39, 0.29) is 18.0 Å². The fourth-order valence-corrected chi connectivity index (χ4v) is 8.83. The van der Waals surface area contributed by atoms with Crippen molar-refractivity contribution >= 4 is 5.97 Å². The van der Waals surface area contributed by atoms with Crippen LogP contribution < -0.4 is 0 Å². The minimum Gasteiger partial charge on any atom is -0.462 e. The molecule has 0 N–H and O–H groups in total. The summed E-state index contributed by atoms with van der Waals surface area (Å²) in [6.07, 6.45) is 13.0. The van der Waals surface area contributed by atoms with E-state index in [2.05, 4.69) is 31.9 Å². The highest BCUT2D eigenvalue weighted by molar-refractivity contribution is 5.71. The van der Waals surface area contributed by atoms with Crippen LogP contribution >= 0.6 is 0 Å². The van der Waals surface area contributed by atoms with Gasteiger partial charge in [0.05, 0.1) is 5.92 Å². The predicted molar refractivity (Wildman–Crippen MR) is 116 cm³/mol. The van der Waals surface area contributed by atoms with Crippen molar-refractivity contribution in [3.05, 3.63) is 11.6 Å². The Labute approximate surface area is 177 Å². The van der Waals surface area contributed by atoms with Gasteiger partial charge in [-0.05, 0) is 93.4 Å². The van der Waals surface area contributed by atoms with Crippen LogP contribution in [0.25, 0.3) is 0 Å². The van der Waals surface area contributed by atoms with E-state index in [0.717, 1.165) is 42.6 Å². The number of carbonyl (C=O) groups excluding carboxylic acids is 1. The molecular formula is C26H41NO2. The van der Waals surface area contributed by atoms with Gasteiger partial charge in [0.2, 0.25) is 0 Å². The van der Waals surface area contributed by atoms with Gasteiger partial charge in [-0.25, -0.2) is 0 Å². The zero-order valence-corrected chi connectivity index (χ0v) is 19.2. The Morgan fingerprint density at radius 3 is 2.66 bits per heavy atom. The van der Waals surface area contributed by atoms with Crippen molar-refractivity contribution < 1.29 is 9.53 Å². The fraction of sp³-hybridized carbons (Fsp3) is 0.885. The topological polar surface area (TPSA) is 29.5 Å². The average molecular weight is 400 g/mol. The lowest BCUT2D eigenvalue weighted by molar-refractivity contribution is -0.155. The number of nitrogens with zero attached hydrogens (tertiary/aromatic N) is 1. The van der Waals surface area contributed by atoms with Crippen LogP contribution in [0.3, 0.4) is 0 Å². The van der Waals surface area contributed by atoms with E-state index in [1.807, 2.05) is 13.8 Å². The van der Waals surface area contributed by atoms with Gasteiger partial charge >= 0.3 is 5.97 Å². The van der Waals surface area contributed by atoms with E-state index < -0.39 is 0 Å². The summed E-state index contributed by atoms with van der Waals surface area (Å²) in [6, 6.07) is 0.771. The molecule has 1 saturated heterocycles. The maximum atomic E-state index is 12.1. The molecule has 4 aliphatic carbocycles. The molecule has 8 unspecified atom stereocenters. The van der Waals surface area contributed by atoms with E-state index in [0.29, 0.717) is 10.8 Å². The zero-order valence-electron chi connectivity index (χ0n) is 19.2. The summed E-state index contributed by atoms with van der Waals surface area (Å²) in [5, 5.41) is 0. The molecule has 29 heavy (non-hydrogen) atoms. The molecule has 0 aromatic carbocycles. The molecule has 1 heterocycles. The van der Waals surface area contributed by atoms with Crippen molar-refractivity contribution in [3.63, 3.8) is 0 Å². The van der Waals surface area contributed by atoms with Gasteiger partial charge in [0, 0.05) is 19.0 Å². The average Bonchev–Trinajstić information content (AvgIpc) is 3.16. The lowest BCUT2D eigenvalue weighted by atomic mass is 9.47. The van der Waals surface area contributed by atoms with Crippen LogP contribution in [0.1, 0.15) is 79.1 Å². The molecule has 3 saturated carbocycles. The van der Waals surface area contributed by atoms with Gasteiger partial charge in [-0.2, -0.15) is 0 Å². The quantitative estimate of drug-likeness (QED) is 0.457. The minimum atomic E-state index is -0.0241. The first-order valence-corrected chi connectivity index (χ1v) is 12.4. The Morgan fingerprint density at radius 1 is 1.14 bits per heavy atom. The number of hydrogen-bond acceptors (Lipinski definition) is 3. The number of esters is 1. The zero-order chi connectivity index (χ0) is 20.6. The standard InChI is InChI=1S/C26H41NO2/c1-16(2)24(28)29-19-10-12-25(4)18(14-19)6-7-20-22(25)11-13-26-15-27(5)17(3)21(26)8-9-23(20)26/h6,16-17,19-23H,7-15H2,1-5H3. The van der Waals surface area contributed by atoms with Gasteiger partial charge in [0.15, 0.2) is 0 Å². The molecule has 8 atom stereocenters. The SMILES string of the molecule is CC(C)C(=O)OC1CCC2(C)C(=CCC3C2CCC24CN(C)C(C)C2CCC34)C1. The van der Waals surface area contributed by atoms with Crippen molar-refractivity contribution in [1.29, 1.82) is 0 Å². The summed E-state index contributed by atoms with van der Waals surface area (Å²) in [7, 11) is 2.36. The summed E-state index contributed by atoms with van der Waals surface area (Å²) in [6.45, 7) is 10.3. The number of hydrogen-bond donors (Lipinski definition) is 0. The molecule has 4 fully saturated rings. The Bertz CT molecular complexity index is 713. The molecule has 0 aromatic rings.